The molecule has 1 aromatic rings. The van der Waals surface area contributed by atoms with Crippen LogP contribution in [0.3, 0.4) is 0 Å². The largest absolute Gasteiger partial charge is 0.392 e. The molecule has 0 saturated carbocycles. The van der Waals surface area contributed by atoms with Crippen LogP contribution < -0.4 is 4.90 Å². The Morgan fingerprint density at radius 1 is 1.53 bits per heavy atom. The van der Waals surface area contributed by atoms with E-state index < -0.39 is 0 Å². The summed E-state index contributed by atoms with van der Waals surface area (Å²) in [5, 5.41) is 9.42. The molecule has 2 rings (SSSR count). The molecular formula is C13H18BrNO2. The van der Waals surface area contributed by atoms with E-state index in [1.54, 1.807) is 7.11 Å². The first kappa shape index (κ1) is 12.9. The van der Waals surface area contributed by atoms with Crippen molar-refractivity contribution >= 4 is 21.6 Å². The zero-order valence-electron chi connectivity index (χ0n) is 10.0. The van der Waals surface area contributed by atoms with Gasteiger partial charge in [0, 0.05) is 35.9 Å². The number of ether oxygens (including phenoxy) is 1. The lowest BCUT2D eigenvalue weighted by atomic mass is 10.1. The molecule has 0 bridgehead atoms. The van der Waals surface area contributed by atoms with E-state index in [0.717, 1.165) is 41.7 Å². The number of methoxy groups -OCH3 is 1. The summed E-state index contributed by atoms with van der Waals surface area (Å²) >= 11 is 3.43. The number of nitrogens with zero attached hydrogens (tertiary/aromatic N) is 1. The first-order valence-corrected chi connectivity index (χ1v) is 6.71. The van der Waals surface area contributed by atoms with E-state index in [2.05, 4.69) is 26.9 Å². The Labute approximate surface area is 111 Å². The fourth-order valence-electron chi connectivity index (χ4n) is 2.34. The average Bonchev–Trinajstić information content (AvgIpc) is 2.38. The van der Waals surface area contributed by atoms with Crippen molar-refractivity contribution in [3.63, 3.8) is 0 Å². The van der Waals surface area contributed by atoms with E-state index in [1.165, 1.54) is 0 Å². The van der Waals surface area contributed by atoms with Crippen molar-refractivity contribution in [3.8, 4) is 0 Å². The van der Waals surface area contributed by atoms with Crippen LogP contribution in [0.25, 0.3) is 0 Å². The van der Waals surface area contributed by atoms with Gasteiger partial charge in [0.1, 0.15) is 0 Å². The van der Waals surface area contributed by atoms with Crippen LogP contribution >= 0.6 is 15.9 Å². The number of halogens is 1. The third kappa shape index (κ3) is 3.00. The Hall–Kier alpha value is -0.580. The van der Waals surface area contributed by atoms with Crippen LogP contribution in [-0.2, 0) is 11.3 Å². The van der Waals surface area contributed by atoms with Crippen molar-refractivity contribution < 1.29 is 9.84 Å². The molecule has 1 aromatic carbocycles. The molecule has 94 valence electrons. The zero-order chi connectivity index (χ0) is 12.3. The van der Waals surface area contributed by atoms with Crippen molar-refractivity contribution in [2.24, 2.45) is 0 Å². The first-order valence-electron chi connectivity index (χ1n) is 5.91. The number of rotatable bonds is 3. The van der Waals surface area contributed by atoms with Crippen LogP contribution in [0.2, 0.25) is 0 Å². The van der Waals surface area contributed by atoms with Crippen LogP contribution in [0.15, 0.2) is 22.7 Å². The molecule has 17 heavy (non-hydrogen) atoms. The summed E-state index contributed by atoms with van der Waals surface area (Å²) in [4.78, 5) is 2.30. The third-order valence-corrected chi connectivity index (χ3v) is 3.76. The van der Waals surface area contributed by atoms with E-state index in [-0.39, 0.29) is 6.61 Å². The predicted molar refractivity (Wildman–Crippen MR) is 72.3 cm³/mol. The fourth-order valence-corrected chi connectivity index (χ4v) is 2.75. The van der Waals surface area contributed by atoms with E-state index in [0.29, 0.717) is 6.10 Å². The van der Waals surface area contributed by atoms with Gasteiger partial charge in [0.15, 0.2) is 0 Å². The predicted octanol–water partition coefficient (Wildman–Crippen LogP) is 2.56. The van der Waals surface area contributed by atoms with Crippen LogP contribution in [-0.4, -0.2) is 31.4 Å². The quantitative estimate of drug-likeness (QED) is 0.931. The molecule has 0 spiro atoms. The topological polar surface area (TPSA) is 32.7 Å². The zero-order valence-corrected chi connectivity index (χ0v) is 11.6. The van der Waals surface area contributed by atoms with Crippen molar-refractivity contribution in [2.75, 3.05) is 25.1 Å². The van der Waals surface area contributed by atoms with Crippen molar-refractivity contribution in [3.05, 3.63) is 28.2 Å². The van der Waals surface area contributed by atoms with E-state index in [4.69, 9.17) is 4.74 Å². The SMILES string of the molecule is COC1CCCN(c2ccc(Br)cc2CO)C1. The maximum atomic E-state index is 9.42. The highest BCUT2D eigenvalue weighted by Gasteiger charge is 2.21. The van der Waals surface area contributed by atoms with Gasteiger partial charge in [-0.2, -0.15) is 0 Å². The van der Waals surface area contributed by atoms with Gasteiger partial charge in [0.2, 0.25) is 0 Å². The molecular weight excluding hydrogens is 282 g/mol. The molecule has 1 unspecified atom stereocenters. The van der Waals surface area contributed by atoms with Crippen molar-refractivity contribution in [2.45, 2.75) is 25.6 Å². The lowest BCUT2D eigenvalue weighted by molar-refractivity contribution is 0.0892. The Bertz CT molecular complexity index is 384. The average molecular weight is 300 g/mol. The number of aliphatic hydroxyl groups is 1. The van der Waals surface area contributed by atoms with E-state index in [9.17, 15) is 5.11 Å². The van der Waals surface area contributed by atoms with Gasteiger partial charge in [-0.3, -0.25) is 0 Å². The maximum Gasteiger partial charge on any atom is 0.0746 e. The minimum atomic E-state index is 0.0723. The molecule has 1 aliphatic heterocycles. The van der Waals surface area contributed by atoms with Gasteiger partial charge < -0.3 is 14.7 Å². The summed E-state index contributed by atoms with van der Waals surface area (Å²) < 4.78 is 6.43. The van der Waals surface area contributed by atoms with Crippen LogP contribution in [0, 0.1) is 0 Å². The minimum absolute atomic E-state index is 0.0723. The molecule has 0 amide bonds. The number of hydrogen-bond donors (Lipinski definition) is 1. The molecule has 1 fully saturated rings. The molecule has 1 saturated heterocycles. The Morgan fingerprint density at radius 3 is 3.06 bits per heavy atom. The van der Waals surface area contributed by atoms with Gasteiger partial charge in [-0.25, -0.2) is 0 Å². The highest BCUT2D eigenvalue weighted by atomic mass is 79.9. The van der Waals surface area contributed by atoms with Crippen molar-refractivity contribution in [1.82, 2.24) is 0 Å². The summed E-state index contributed by atoms with van der Waals surface area (Å²) in [6.45, 7) is 2.02. The smallest absolute Gasteiger partial charge is 0.0746 e. The molecule has 1 atom stereocenters. The number of aliphatic hydroxyl groups excluding tert-OH is 1. The van der Waals surface area contributed by atoms with Gasteiger partial charge in [0.25, 0.3) is 0 Å². The minimum Gasteiger partial charge on any atom is -0.392 e. The number of hydrogen-bond acceptors (Lipinski definition) is 3. The van der Waals surface area contributed by atoms with Crippen LogP contribution in [0.4, 0.5) is 5.69 Å². The maximum absolute atomic E-state index is 9.42. The summed E-state index contributed by atoms with van der Waals surface area (Å²) in [6.07, 6.45) is 2.57. The van der Waals surface area contributed by atoms with Gasteiger partial charge in [-0.15, -0.1) is 0 Å². The molecule has 1 heterocycles. The molecule has 4 heteroatoms. The lowest BCUT2D eigenvalue weighted by Gasteiger charge is -2.34. The first-order chi connectivity index (χ1) is 8.24. The van der Waals surface area contributed by atoms with E-state index >= 15 is 0 Å². The third-order valence-electron chi connectivity index (χ3n) is 3.26. The normalized spacial score (nSPS) is 20.6. The molecule has 0 aliphatic carbocycles. The van der Waals surface area contributed by atoms with Crippen LogP contribution in [0.5, 0.6) is 0 Å². The number of piperidine rings is 1. The van der Waals surface area contributed by atoms with E-state index in [1.807, 2.05) is 12.1 Å². The van der Waals surface area contributed by atoms with Gasteiger partial charge in [-0.1, -0.05) is 15.9 Å². The number of anilines is 1. The Kier molecular flexibility index (Phi) is 4.42. The standard InChI is InChI=1S/C13H18BrNO2/c1-17-12-3-2-6-15(8-12)13-5-4-11(14)7-10(13)9-16/h4-5,7,12,16H,2-3,6,8-9H2,1H3. The highest BCUT2D eigenvalue weighted by Crippen LogP contribution is 2.27. The van der Waals surface area contributed by atoms with Gasteiger partial charge >= 0.3 is 0 Å². The second kappa shape index (κ2) is 5.85. The van der Waals surface area contributed by atoms with Gasteiger partial charge in [-0.05, 0) is 31.0 Å². The summed E-state index contributed by atoms with van der Waals surface area (Å²) in [6, 6.07) is 6.06. The molecule has 3 nitrogen and oxygen atoms in total. The highest BCUT2D eigenvalue weighted by molar-refractivity contribution is 9.10. The van der Waals surface area contributed by atoms with Crippen LogP contribution in [0.1, 0.15) is 18.4 Å². The number of benzene rings is 1. The molecule has 1 N–H and O–H groups in total. The molecule has 0 aromatic heterocycles. The van der Waals surface area contributed by atoms with Crippen molar-refractivity contribution in [1.29, 1.82) is 0 Å². The fraction of sp³-hybridized carbons (Fsp3) is 0.538. The summed E-state index contributed by atoms with van der Waals surface area (Å²) in [7, 11) is 1.77. The Morgan fingerprint density at radius 2 is 2.35 bits per heavy atom. The monoisotopic (exact) mass is 299 g/mol. The Balaban J connectivity index is 2.20. The molecule has 0 radical (unpaired) electrons. The second-order valence-corrected chi connectivity index (χ2v) is 5.29. The summed E-state index contributed by atoms with van der Waals surface area (Å²) in [5.74, 6) is 0. The molecule has 1 aliphatic rings. The summed E-state index contributed by atoms with van der Waals surface area (Å²) in [5.41, 5.74) is 2.09. The van der Waals surface area contributed by atoms with Gasteiger partial charge in [0.05, 0.1) is 12.7 Å². The lowest BCUT2D eigenvalue weighted by Crippen LogP contribution is -2.39. The second-order valence-electron chi connectivity index (χ2n) is 4.38.